The zero-order valence-corrected chi connectivity index (χ0v) is 14.5. The number of nitrogens with zero attached hydrogens (tertiary/aromatic N) is 1. The van der Waals surface area contributed by atoms with E-state index in [0.717, 1.165) is 15.1 Å². The molecule has 7 heteroatoms. The number of methoxy groups -OCH3 is 1. The Hall–Kier alpha value is -1.86. The highest BCUT2D eigenvalue weighted by Crippen LogP contribution is 2.29. The van der Waals surface area contributed by atoms with Gasteiger partial charge in [0.1, 0.15) is 0 Å². The molecular formula is C15H15BrN2O3S. The molecule has 0 aliphatic heterocycles. The number of rotatable bonds is 6. The van der Waals surface area contributed by atoms with Gasteiger partial charge in [-0.2, -0.15) is 5.10 Å². The summed E-state index contributed by atoms with van der Waals surface area (Å²) in [6.45, 7) is 1.70. The van der Waals surface area contributed by atoms with Crippen LogP contribution < -0.4 is 14.9 Å². The molecule has 1 aromatic carbocycles. The molecule has 0 bridgehead atoms. The zero-order valence-electron chi connectivity index (χ0n) is 12.1. The van der Waals surface area contributed by atoms with Gasteiger partial charge in [0.05, 0.1) is 12.8 Å². The lowest BCUT2D eigenvalue weighted by atomic mass is 10.3. The Balaban J connectivity index is 1.89. The van der Waals surface area contributed by atoms with Gasteiger partial charge in [0.25, 0.3) is 5.91 Å². The summed E-state index contributed by atoms with van der Waals surface area (Å²) in [5.41, 5.74) is 3.22. The first-order valence-corrected chi connectivity index (χ1v) is 8.10. The van der Waals surface area contributed by atoms with E-state index in [1.807, 2.05) is 30.5 Å². The van der Waals surface area contributed by atoms with Crippen LogP contribution in [0.1, 0.15) is 11.8 Å². The molecular weight excluding hydrogens is 368 g/mol. The summed E-state index contributed by atoms with van der Waals surface area (Å²) < 4.78 is 11.5. The molecule has 116 valence electrons. The zero-order chi connectivity index (χ0) is 15.9. The largest absolute Gasteiger partial charge is 0.493 e. The van der Waals surface area contributed by atoms with E-state index in [0.29, 0.717) is 11.5 Å². The number of thiophene rings is 1. The fourth-order valence-corrected chi connectivity index (χ4v) is 2.64. The Labute approximate surface area is 141 Å². The van der Waals surface area contributed by atoms with E-state index in [-0.39, 0.29) is 12.5 Å². The summed E-state index contributed by atoms with van der Waals surface area (Å²) in [6.07, 6.45) is 0. The van der Waals surface area contributed by atoms with Gasteiger partial charge >= 0.3 is 0 Å². The van der Waals surface area contributed by atoms with Crippen LogP contribution in [0.5, 0.6) is 11.5 Å². The predicted octanol–water partition coefficient (Wildman–Crippen LogP) is 3.44. The molecule has 0 radical (unpaired) electrons. The van der Waals surface area contributed by atoms with Gasteiger partial charge in [-0.3, -0.25) is 4.79 Å². The number of benzene rings is 1. The van der Waals surface area contributed by atoms with E-state index >= 15 is 0 Å². The van der Waals surface area contributed by atoms with Crippen molar-refractivity contribution in [1.29, 1.82) is 0 Å². The molecule has 0 saturated carbocycles. The van der Waals surface area contributed by atoms with Crippen molar-refractivity contribution in [2.45, 2.75) is 6.92 Å². The van der Waals surface area contributed by atoms with Crippen LogP contribution in [0.2, 0.25) is 0 Å². The number of hydrazone groups is 1. The smallest absolute Gasteiger partial charge is 0.277 e. The normalized spacial score (nSPS) is 11.1. The van der Waals surface area contributed by atoms with Crippen LogP contribution in [-0.4, -0.2) is 25.3 Å². The van der Waals surface area contributed by atoms with Crippen LogP contribution in [0.3, 0.4) is 0 Å². The minimum atomic E-state index is -0.333. The van der Waals surface area contributed by atoms with Crippen molar-refractivity contribution < 1.29 is 14.3 Å². The van der Waals surface area contributed by atoms with Gasteiger partial charge in [-0.1, -0.05) is 22.0 Å². The van der Waals surface area contributed by atoms with E-state index in [2.05, 4.69) is 26.5 Å². The summed E-state index contributed by atoms with van der Waals surface area (Å²) in [6, 6.07) is 9.19. The number of hydrogen-bond acceptors (Lipinski definition) is 5. The lowest BCUT2D eigenvalue weighted by Crippen LogP contribution is -2.25. The van der Waals surface area contributed by atoms with Gasteiger partial charge in [0.15, 0.2) is 18.1 Å². The minimum absolute atomic E-state index is 0.140. The number of ether oxygens (including phenoxy) is 2. The number of carbonyl (C=O) groups excluding carboxylic acids is 1. The second-order valence-corrected chi connectivity index (χ2v) is 6.16. The monoisotopic (exact) mass is 382 g/mol. The third-order valence-corrected chi connectivity index (χ3v) is 4.18. The Morgan fingerprint density at radius 3 is 2.86 bits per heavy atom. The summed E-state index contributed by atoms with van der Waals surface area (Å²) in [5, 5.41) is 6.00. The maximum atomic E-state index is 11.8. The second kappa shape index (κ2) is 7.95. The van der Waals surface area contributed by atoms with Crippen molar-refractivity contribution in [1.82, 2.24) is 5.43 Å². The molecule has 0 atom stereocenters. The molecule has 1 aromatic heterocycles. The highest BCUT2D eigenvalue weighted by atomic mass is 79.9. The summed E-state index contributed by atoms with van der Waals surface area (Å²) in [5.74, 6) is 0.723. The van der Waals surface area contributed by atoms with Crippen molar-refractivity contribution in [3.8, 4) is 11.5 Å². The van der Waals surface area contributed by atoms with Gasteiger partial charge in [0.2, 0.25) is 0 Å². The molecule has 22 heavy (non-hydrogen) atoms. The molecule has 5 nitrogen and oxygen atoms in total. The average molecular weight is 383 g/mol. The molecule has 1 heterocycles. The molecule has 0 saturated heterocycles. The van der Waals surface area contributed by atoms with Gasteiger partial charge < -0.3 is 9.47 Å². The maximum Gasteiger partial charge on any atom is 0.277 e. The first-order valence-electron chi connectivity index (χ1n) is 6.43. The number of amides is 1. The fraction of sp³-hybridized carbons (Fsp3) is 0.200. The summed E-state index contributed by atoms with van der Waals surface area (Å²) >= 11 is 4.91. The van der Waals surface area contributed by atoms with Gasteiger partial charge in [-0.05, 0) is 36.6 Å². The highest BCUT2D eigenvalue weighted by molar-refractivity contribution is 9.10. The van der Waals surface area contributed by atoms with Crippen LogP contribution in [0.25, 0.3) is 0 Å². The van der Waals surface area contributed by atoms with Gasteiger partial charge in [-0.15, -0.1) is 11.3 Å². The summed E-state index contributed by atoms with van der Waals surface area (Å²) in [7, 11) is 1.55. The highest BCUT2D eigenvalue weighted by Gasteiger charge is 2.08. The number of hydrogen-bond donors (Lipinski definition) is 1. The molecule has 0 fully saturated rings. The molecule has 0 spiro atoms. The third-order valence-electron chi connectivity index (χ3n) is 2.71. The predicted molar refractivity (Wildman–Crippen MR) is 90.9 cm³/mol. The molecule has 0 unspecified atom stereocenters. The Morgan fingerprint density at radius 1 is 1.36 bits per heavy atom. The molecule has 0 aliphatic carbocycles. The van der Waals surface area contributed by atoms with Crippen molar-refractivity contribution in [2.75, 3.05) is 13.7 Å². The van der Waals surface area contributed by atoms with Crippen molar-refractivity contribution in [3.05, 3.63) is 45.1 Å². The first-order chi connectivity index (χ1) is 10.6. The number of nitrogens with one attached hydrogen (secondary N) is 1. The van der Waals surface area contributed by atoms with Crippen molar-refractivity contribution >= 4 is 38.9 Å². The van der Waals surface area contributed by atoms with E-state index in [4.69, 9.17) is 9.47 Å². The van der Waals surface area contributed by atoms with E-state index in [1.165, 1.54) is 0 Å². The van der Waals surface area contributed by atoms with E-state index < -0.39 is 0 Å². The quantitative estimate of drug-likeness (QED) is 0.614. The molecule has 2 rings (SSSR count). The Kier molecular flexibility index (Phi) is 5.97. The topological polar surface area (TPSA) is 59.9 Å². The van der Waals surface area contributed by atoms with Crippen LogP contribution in [0, 0.1) is 0 Å². The van der Waals surface area contributed by atoms with E-state index in [9.17, 15) is 4.79 Å². The number of halogens is 1. The summed E-state index contributed by atoms with van der Waals surface area (Å²) in [4.78, 5) is 12.8. The number of carbonyl (C=O) groups is 1. The third kappa shape index (κ3) is 4.57. The minimum Gasteiger partial charge on any atom is -0.493 e. The second-order valence-electron chi connectivity index (χ2n) is 4.29. The van der Waals surface area contributed by atoms with Crippen LogP contribution >= 0.6 is 27.3 Å². The standard InChI is InChI=1S/C15H15BrN2O3S/c1-10(14-4-3-7-22-14)17-18-15(19)9-21-12-6-5-11(16)8-13(12)20-2/h3-8H,9H2,1-2H3,(H,18,19)/b17-10+. The van der Waals surface area contributed by atoms with Gasteiger partial charge in [0, 0.05) is 9.35 Å². The van der Waals surface area contributed by atoms with Crippen molar-refractivity contribution in [2.24, 2.45) is 5.10 Å². The Morgan fingerprint density at radius 2 is 2.18 bits per heavy atom. The molecule has 2 aromatic rings. The average Bonchev–Trinajstić information content (AvgIpc) is 3.05. The molecule has 1 N–H and O–H groups in total. The lowest BCUT2D eigenvalue weighted by Gasteiger charge is -2.10. The molecule has 0 aliphatic rings. The van der Waals surface area contributed by atoms with Crippen LogP contribution in [-0.2, 0) is 4.79 Å². The van der Waals surface area contributed by atoms with E-state index in [1.54, 1.807) is 30.6 Å². The van der Waals surface area contributed by atoms with Gasteiger partial charge in [-0.25, -0.2) is 5.43 Å². The van der Waals surface area contributed by atoms with Crippen LogP contribution in [0.15, 0.2) is 45.3 Å². The lowest BCUT2D eigenvalue weighted by molar-refractivity contribution is -0.123. The maximum absolute atomic E-state index is 11.8. The first kappa shape index (κ1) is 16.5. The van der Waals surface area contributed by atoms with Crippen molar-refractivity contribution in [3.63, 3.8) is 0 Å². The Bertz CT molecular complexity index is 671. The molecule has 1 amide bonds. The SMILES string of the molecule is COc1cc(Br)ccc1OCC(=O)N/N=C(\C)c1cccs1. The fourth-order valence-electron chi connectivity index (χ4n) is 1.62. The van der Waals surface area contributed by atoms with Crippen LogP contribution in [0.4, 0.5) is 0 Å².